The molecule has 0 spiro atoms. The van der Waals surface area contributed by atoms with Gasteiger partial charge in [0.05, 0.1) is 52.1 Å². The number of nitrogens with one attached hydrogen (secondary N) is 2. The smallest absolute Gasteiger partial charge is 0.305 e. The van der Waals surface area contributed by atoms with Crippen LogP contribution in [0.2, 0.25) is 0 Å². The van der Waals surface area contributed by atoms with Crippen molar-refractivity contribution in [1.82, 2.24) is 50.0 Å². The number of pyridine rings is 2. The first-order valence-electron chi connectivity index (χ1n) is 20.7. The van der Waals surface area contributed by atoms with Crippen molar-refractivity contribution in [2.24, 2.45) is 5.73 Å². The van der Waals surface area contributed by atoms with Crippen molar-refractivity contribution >= 4 is 65.9 Å². The molecule has 23 heteroatoms. The Balaban J connectivity index is 2.31. The Hall–Kier alpha value is -6.20. The van der Waals surface area contributed by atoms with Crippen molar-refractivity contribution in [3.63, 3.8) is 0 Å². The number of likely N-dealkylation sites (N-methyl/N-ethyl adjacent to an activating group) is 1. The van der Waals surface area contributed by atoms with E-state index in [1.165, 1.54) is 29.2 Å². The number of carbonyl (C=O) groups is 9. The minimum Gasteiger partial charge on any atom is -0.481 e. The predicted octanol–water partition coefficient (Wildman–Crippen LogP) is -1.88. The largest absolute Gasteiger partial charge is 0.481 e. The maximum absolute atomic E-state index is 14.2. The minimum atomic E-state index is -1.24. The summed E-state index contributed by atoms with van der Waals surface area (Å²) in [4.78, 5) is 132. The summed E-state index contributed by atoms with van der Waals surface area (Å²) in [6, 6.07) is 6.81. The number of hydrogen-bond acceptors (Lipinski definition) is 14. The van der Waals surface area contributed by atoms with Crippen molar-refractivity contribution < 1.29 is 53.4 Å². The molecule has 0 aromatic carbocycles. The lowest BCUT2D eigenvalue weighted by atomic mass is 10.2. The molecule has 0 bridgehead atoms. The number of carboxylic acid groups (broad SMARTS) is 2. The molecule has 2 aromatic heterocycles. The lowest BCUT2D eigenvalue weighted by molar-refractivity contribution is -0.148. The first kappa shape index (κ1) is 53.9. The van der Waals surface area contributed by atoms with Crippen molar-refractivity contribution in [2.45, 2.75) is 45.7 Å². The molecule has 0 unspecified atom stereocenters. The molecule has 352 valence electrons. The normalized spacial score (nSPS) is 10.6. The van der Waals surface area contributed by atoms with E-state index in [4.69, 9.17) is 5.73 Å². The Morgan fingerprint density at radius 3 is 1.64 bits per heavy atom. The summed E-state index contributed by atoms with van der Waals surface area (Å²) in [5.41, 5.74) is 7.10. The van der Waals surface area contributed by atoms with E-state index in [-0.39, 0.29) is 58.8 Å². The lowest BCUT2D eigenvalue weighted by Crippen LogP contribution is -2.52. The number of nitrogens with zero attached hydrogens (tertiary/aromatic N) is 8. The van der Waals surface area contributed by atoms with E-state index in [1.54, 1.807) is 43.6 Å². The molecular weight excluding hydrogens is 855 g/mol. The van der Waals surface area contributed by atoms with Crippen LogP contribution in [0.15, 0.2) is 49.1 Å². The Bertz CT molecular complexity index is 1850. The van der Waals surface area contributed by atoms with Crippen LogP contribution >= 0.6 is 12.6 Å². The molecule has 0 atom stereocenters. The van der Waals surface area contributed by atoms with Gasteiger partial charge in [0, 0.05) is 83.4 Å². The summed E-state index contributed by atoms with van der Waals surface area (Å²) in [5, 5.41) is 24.3. The van der Waals surface area contributed by atoms with Gasteiger partial charge in [-0.15, -0.1) is 0 Å². The molecule has 2 aromatic rings. The summed E-state index contributed by atoms with van der Waals surface area (Å²) < 4.78 is 0. The number of amides is 7. The molecule has 0 fully saturated rings. The van der Waals surface area contributed by atoms with Crippen molar-refractivity contribution in [2.75, 3.05) is 97.9 Å². The van der Waals surface area contributed by atoms with E-state index < -0.39 is 105 Å². The van der Waals surface area contributed by atoms with Crippen molar-refractivity contribution in [1.29, 1.82) is 0 Å². The fraction of sp³-hybridized carbons (Fsp3) is 0.537. The Kier molecular flexibility index (Phi) is 25.3. The van der Waals surface area contributed by atoms with Crippen LogP contribution < -0.4 is 16.4 Å². The van der Waals surface area contributed by atoms with Gasteiger partial charge >= 0.3 is 11.9 Å². The first-order chi connectivity index (χ1) is 30.6. The van der Waals surface area contributed by atoms with Crippen LogP contribution in [0, 0.1) is 0 Å². The molecule has 2 rings (SSSR count). The summed E-state index contributed by atoms with van der Waals surface area (Å²) in [6.07, 6.45) is 5.92. The molecule has 0 aliphatic carbocycles. The molecule has 0 saturated carbocycles. The van der Waals surface area contributed by atoms with E-state index in [9.17, 15) is 53.4 Å². The molecule has 7 amide bonds. The molecule has 64 heavy (non-hydrogen) atoms. The van der Waals surface area contributed by atoms with Crippen LogP contribution in [-0.4, -0.2) is 201 Å². The number of thiol groups is 1. The third-order valence-corrected chi connectivity index (χ3v) is 9.60. The average molecular weight is 916 g/mol. The summed E-state index contributed by atoms with van der Waals surface area (Å²) >= 11 is 4.03. The van der Waals surface area contributed by atoms with Gasteiger partial charge in [-0.05, 0) is 42.6 Å². The highest BCUT2D eigenvalue weighted by Gasteiger charge is 2.29. The van der Waals surface area contributed by atoms with Gasteiger partial charge in [-0.25, -0.2) is 0 Å². The maximum atomic E-state index is 14.2. The highest BCUT2D eigenvalue weighted by atomic mass is 32.1. The van der Waals surface area contributed by atoms with Crippen LogP contribution in [0.5, 0.6) is 0 Å². The van der Waals surface area contributed by atoms with Crippen LogP contribution in [0.25, 0.3) is 0 Å². The molecule has 0 radical (unpaired) electrons. The van der Waals surface area contributed by atoms with Crippen molar-refractivity contribution in [3.8, 4) is 0 Å². The van der Waals surface area contributed by atoms with Gasteiger partial charge in [-0.2, -0.15) is 12.6 Å². The van der Waals surface area contributed by atoms with E-state index in [0.29, 0.717) is 24.3 Å². The molecule has 0 aliphatic rings. The number of carbonyl (C=O) groups excluding carboxylic acids is 7. The average Bonchev–Trinajstić information content (AvgIpc) is 3.26. The summed E-state index contributed by atoms with van der Waals surface area (Å²) in [6.45, 7) is -1.63. The number of rotatable bonds is 31. The second-order valence-corrected chi connectivity index (χ2v) is 15.0. The van der Waals surface area contributed by atoms with Gasteiger partial charge in [0.15, 0.2) is 0 Å². The number of nitrogens with two attached hydrogens (primary N) is 1. The SMILES string of the molecule is CCCN(CC(=O)N(CCCN)CC(=O)N(CC(=O)N(CCC(=O)O)CC(=O)N(C)CC(=O)NCCS)Cc1cccnc1)C(=O)CN(CCC(=O)O)C(=O)CNCc1cccnc1. The highest BCUT2D eigenvalue weighted by molar-refractivity contribution is 7.80. The zero-order valence-corrected chi connectivity index (χ0v) is 37.3. The van der Waals surface area contributed by atoms with Crippen LogP contribution in [-0.2, 0) is 56.2 Å². The second kappa shape index (κ2) is 30.0. The standard InChI is InChI=1S/C41H61N11O11S/c1-3-15-48(36(56)28-50(17-9-40(60)61)34(54)23-45-21-31-7-4-12-43-20-31)27-37(57)49(16-6-11-42)29-39(59)52(24-32-8-5-13-44-22-32)30-38(58)51(18-10-41(62)63)26-35(55)47(2)25-33(53)46-14-19-64/h4-5,7-8,12-13,20,22,45,64H,3,6,9-11,14-19,21,23-30,42H2,1-2H3,(H,46,53)(H,60,61)(H,62,63). The van der Waals surface area contributed by atoms with Gasteiger partial charge in [-0.3, -0.25) is 53.1 Å². The Morgan fingerprint density at radius 1 is 0.656 bits per heavy atom. The van der Waals surface area contributed by atoms with Gasteiger partial charge in [0.2, 0.25) is 41.4 Å². The van der Waals surface area contributed by atoms with Crippen LogP contribution in [0.1, 0.15) is 43.7 Å². The maximum Gasteiger partial charge on any atom is 0.305 e. The Labute approximate surface area is 377 Å². The van der Waals surface area contributed by atoms with E-state index in [0.717, 1.165) is 25.2 Å². The molecule has 0 aliphatic heterocycles. The van der Waals surface area contributed by atoms with Crippen molar-refractivity contribution in [3.05, 3.63) is 60.2 Å². The minimum absolute atomic E-state index is 0.0110. The van der Waals surface area contributed by atoms with Gasteiger partial charge < -0.3 is 56.0 Å². The lowest BCUT2D eigenvalue weighted by Gasteiger charge is -2.32. The van der Waals surface area contributed by atoms with Gasteiger partial charge in [0.25, 0.3) is 0 Å². The number of hydrogen-bond donors (Lipinski definition) is 6. The summed E-state index contributed by atoms with van der Waals surface area (Å²) in [7, 11) is 1.35. The molecular formula is C41H61N11O11S. The fourth-order valence-electron chi connectivity index (χ4n) is 5.95. The van der Waals surface area contributed by atoms with E-state index >= 15 is 0 Å². The van der Waals surface area contributed by atoms with E-state index in [1.807, 2.05) is 0 Å². The van der Waals surface area contributed by atoms with Crippen LogP contribution in [0.4, 0.5) is 0 Å². The molecule has 0 saturated heterocycles. The second-order valence-electron chi connectivity index (χ2n) is 14.6. The molecule has 6 N–H and O–H groups in total. The number of carboxylic acids is 2. The zero-order valence-electron chi connectivity index (χ0n) is 36.4. The Morgan fingerprint density at radius 2 is 1.14 bits per heavy atom. The quantitative estimate of drug-likeness (QED) is 0.0452. The molecule has 22 nitrogen and oxygen atoms in total. The van der Waals surface area contributed by atoms with Gasteiger partial charge in [0.1, 0.15) is 6.54 Å². The third-order valence-electron chi connectivity index (χ3n) is 9.38. The monoisotopic (exact) mass is 915 g/mol. The predicted molar refractivity (Wildman–Crippen MR) is 235 cm³/mol. The van der Waals surface area contributed by atoms with Gasteiger partial charge in [-0.1, -0.05) is 19.1 Å². The zero-order chi connectivity index (χ0) is 47.4. The van der Waals surface area contributed by atoms with E-state index in [2.05, 4.69) is 33.2 Å². The molecule has 2 heterocycles. The fourth-order valence-corrected chi connectivity index (χ4v) is 6.06. The third kappa shape index (κ3) is 21.3. The number of aromatic nitrogens is 2. The number of aliphatic carboxylic acids is 2. The highest BCUT2D eigenvalue weighted by Crippen LogP contribution is 2.09. The topological polar surface area (TPSA) is 289 Å². The first-order valence-corrected chi connectivity index (χ1v) is 21.3. The summed E-state index contributed by atoms with van der Waals surface area (Å²) in [5.74, 6) is -6.48. The van der Waals surface area contributed by atoms with Crippen LogP contribution in [0.3, 0.4) is 0 Å².